The van der Waals surface area contributed by atoms with Gasteiger partial charge in [0.15, 0.2) is 0 Å². The molecule has 0 radical (unpaired) electrons. The van der Waals surface area contributed by atoms with Crippen molar-refractivity contribution in [1.29, 1.82) is 0 Å². The van der Waals surface area contributed by atoms with E-state index in [1.807, 2.05) is 0 Å². The van der Waals surface area contributed by atoms with E-state index in [0.29, 0.717) is 0 Å². The first-order valence-corrected chi connectivity index (χ1v) is 5.90. The summed E-state index contributed by atoms with van der Waals surface area (Å²) < 4.78 is 1.26. The van der Waals surface area contributed by atoms with Crippen LogP contribution in [-0.2, 0) is 0 Å². The van der Waals surface area contributed by atoms with Gasteiger partial charge in [-0.25, -0.2) is 0 Å². The molecule has 2 atom stereocenters. The van der Waals surface area contributed by atoms with E-state index in [4.69, 9.17) is 5.73 Å². The van der Waals surface area contributed by atoms with Gasteiger partial charge in [-0.2, -0.15) is 0 Å². The van der Waals surface area contributed by atoms with Crippen molar-refractivity contribution in [3.05, 3.63) is 33.3 Å². The van der Waals surface area contributed by atoms with E-state index in [9.17, 15) is 0 Å². The smallest absolute Gasteiger partial charge is 0.0236 e. The van der Waals surface area contributed by atoms with Crippen LogP contribution in [0.5, 0.6) is 0 Å². The zero-order valence-corrected chi connectivity index (χ0v) is 10.3. The number of hydrogen-bond donors (Lipinski definition) is 1. The van der Waals surface area contributed by atoms with E-state index in [0.717, 1.165) is 18.4 Å². The molecule has 2 heteroatoms. The average molecular weight is 254 g/mol. The van der Waals surface area contributed by atoms with Gasteiger partial charge in [0, 0.05) is 4.47 Å². The second-order valence-corrected chi connectivity index (χ2v) is 5.04. The molecule has 0 heterocycles. The Bertz CT molecular complexity index is 360. The first-order chi connectivity index (χ1) is 6.65. The highest BCUT2D eigenvalue weighted by Crippen LogP contribution is 2.48. The maximum atomic E-state index is 5.67. The molecule has 1 aromatic carbocycles. The van der Waals surface area contributed by atoms with Crippen molar-refractivity contribution >= 4 is 15.9 Å². The van der Waals surface area contributed by atoms with E-state index in [2.05, 4.69) is 41.9 Å². The van der Waals surface area contributed by atoms with Gasteiger partial charge in [0.25, 0.3) is 0 Å². The molecule has 14 heavy (non-hydrogen) atoms. The Morgan fingerprint density at radius 3 is 2.71 bits per heavy atom. The lowest BCUT2D eigenvalue weighted by molar-refractivity contribution is 0.806. The van der Waals surface area contributed by atoms with Gasteiger partial charge in [0.2, 0.25) is 0 Å². The fourth-order valence-electron chi connectivity index (χ4n) is 2.13. The summed E-state index contributed by atoms with van der Waals surface area (Å²) in [6.45, 7) is 5.15. The third-order valence-electron chi connectivity index (χ3n) is 3.25. The molecule has 0 bridgehead atoms. The summed E-state index contributed by atoms with van der Waals surface area (Å²) in [6, 6.07) is 4.45. The van der Waals surface area contributed by atoms with Gasteiger partial charge in [-0.3, -0.25) is 0 Å². The van der Waals surface area contributed by atoms with Crippen molar-refractivity contribution in [2.75, 3.05) is 6.54 Å². The molecule has 76 valence electrons. The minimum Gasteiger partial charge on any atom is -0.330 e. The Labute approximate surface area is 93.8 Å². The molecule has 1 aliphatic carbocycles. The van der Waals surface area contributed by atoms with Gasteiger partial charge >= 0.3 is 0 Å². The Kier molecular flexibility index (Phi) is 2.67. The predicted molar refractivity (Wildman–Crippen MR) is 63.5 cm³/mol. The molecule has 0 saturated heterocycles. The zero-order chi connectivity index (χ0) is 10.3. The summed E-state index contributed by atoms with van der Waals surface area (Å²) in [7, 11) is 0. The van der Waals surface area contributed by atoms with Crippen LogP contribution in [0.15, 0.2) is 16.6 Å². The number of rotatable bonds is 2. The molecule has 1 aromatic rings. The predicted octanol–water partition coefficient (Wildman–Crippen LogP) is 3.13. The van der Waals surface area contributed by atoms with Gasteiger partial charge in [0.05, 0.1) is 0 Å². The highest BCUT2D eigenvalue weighted by Gasteiger charge is 2.37. The van der Waals surface area contributed by atoms with Crippen molar-refractivity contribution < 1.29 is 0 Å². The third kappa shape index (κ3) is 1.61. The van der Waals surface area contributed by atoms with E-state index in [-0.39, 0.29) is 0 Å². The summed E-state index contributed by atoms with van der Waals surface area (Å²) in [5, 5.41) is 0. The highest BCUT2D eigenvalue weighted by atomic mass is 79.9. The number of hydrogen-bond acceptors (Lipinski definition) is 1. The molecular weight excluding hydrogens is 238 g/mol. The molecule has 2 unspecified atom stereocenters. The van der Waals surface area contributed by atoms with E-state index < -0.39 is 0 Å². The molecule has 1 nitrogen and oxygen atoms in total. The minimum atomic E-state index is 0.719. The topological polar surface area (TPSA) is 26.0 Å². The summed E-state index contributed by atoms with van der Waals surface area (Å²) in [5.74, 6) is 1.44. The lowest BCUT2D eigenvalue weighted by Crippen LogP contribution is -2.02. The lowest BCUT2D eigenvalue weighted by atomic mass is 10.0. The van der Waals surface area contributed by atoms with Crippen LogP contribution in [0.2, 0.25) is 0 Å². The van der Waals surface area contributed by atoms with Crippen molar-refractivity contribution in [1.82, 2.24) is 0 Å². The normalized spacial score (nSPS) is 25.1. The SMILES string of the molecule is Cc1ccc(C2CC2CN)c(C)c1Br. The summed E-state index contributed by atoms with van der Waals surface area (Å²) >= 11 is 3.64. The van der Waals surface area contributed by atoms with Crippen molar-refractivity contribution in [3.8, 4) is 0 Å². The first kappa shape index (κ1) is 10.2. The van der Waals surface area contributed by atoms with E-state index >= 15 is 0 Å². The van der Waals surface area contributed by atoms with Crippen LogP contribution in [0.4, 0.5) is 0 Å². The van der Waals surface area contributed by atoms with E-state index in [1.165, 1.54) is 27.6 Å². The minimum absolute atomic E-state index is 0.719. The molecule has 0 amide bonds. The van der Waals surface area contributed by atoms with Crippen molar-refractivity contribution in [2.24, 2.45) is 11.7 Å². The Balaban J connectivity index is 2.32. The van der Waals surface area contributed by atoms with Crippen LogP contribution in [0.25, 0.3) is 0 Å². The van der Waals surface area contributed by atoms with Gasteiger partial charge in [-0.05, 0) is 55.3 Å². The van der Waals surface area contributed by atoms with Crippen LogP contribution in [0.3, 0.4) is 0 Å². The Hall–Kier alpha value is -0.340. The standard InChI is InChI=1S/C12H16BrN/c1-7-3-4-10(8(2)12(7)13)11-5-9(11)6-14/h3-4,9,11H,5-6,14H2,1-2H3. The molecule has 1 fully saturated rings. The monoisotopic (exact) mass is 253 g/mol. The molecule has 2 rings (SSSR count). The molecule has 2 N–H and O–H groups in total. The summed E-state index contributed by atoms with van der Waals surface area (Å²) in [5.41, 5.74) is 9.86. The molecule has 1 saturated carbocycles. The van der Waals surface area contributed by atoms with Crippen LogP contribution in [0.1, 0.15) is 29.0 Å². The second-order valence-electron chi connectivity index (χ2n) is 4.25. The summed E-state index contributed by atoms with van der Waals surface area (Å²) in [6.07, 6.45) is 1.27. The fraction of sp³-hybridized carbons (Fsp3) is 0.500. The zero-order valence-electron chi connectivity index (χ0n) is 8.68. The van der Waals surface area contributed by atoms with Crippen molar-refractivity contribution in [3.63, 3.8) is 0 Å². The largest absolute Gasteiger partial charge is 0.330 e. The quantitative estimate of drug-likeness (QED) is 0.862. The van der Waals surface area contributed by atoms with Crippen LogP contribution < -0.4 is 5.73 Å². The van der Waals surface area contributed by atoms with Gasteiger partial charge in [-0.15, -0.1) is 0 Å². The molecule has 0 aromatic heterocycles. The maximum Gasteiger partial charge on any atom is 0.0236 e. The third-order valence-corrected chi connectivity index (χ3v) is 4.47. The number of halogens is 1. The molecular formula is C12H16BrN. The number of nitrogens with two attached hydrogens (primary N) is 1. The number of benzene rings is 1. The lowest BCUT2D eigenvalue weighted by Gasteiger charge is -2.09. The van der Waals surface area contributed by atoms with Gasteiger partial charge in [-0.1, -0.05) is 28.1 Å². The molecule has 1 aliphatic rings. The second kappa shape index (κ2) is 3.67. The van der Waals surface area contributed by atoms with Crippen molar-refractivity contribution in [2.45, 2.75) is 26.2 Å². The first-order valence-electron chi connectivity index (χ1n) is 5.10. The summed E-state index contributed by atoms with van der Waals surface area (Å²) in [4.78, 5) is 0. The molecule has 0 spiro atoms. The Morgan fingerprint density at radius 2 is 2.14 bits per heavy atom. The average Bonchev–Trinajstić information content (AvgIpc) is 2.94. The maximum absolute atomic E-state index is 5.67. The van der Waals surface area contributed by atoms with E-state index in [1.54, 1.807) is 0 Å². The van der Waals surface area contributed by atoms with Crippen LogP contribution in [0, 0.1) is 19.8 Å². The molecule has 0 aliphatic heterocycles. The van der Waals surface area contributed by atoms with Crippen LogP contribution >= 0.6 is 15.9 Å². The van der Waals surface area contributed by atoms with Crippen LogP contribution in [-0.4, -0.2) is 6.54 Å². The fourth-order valence-corrected chi connectivity index (χ4v) is 2.49. The van der Waals surface area contributed by atoms with Gasteiger partial charge in [0.1, 0.15) is 0 Å². The van der Waals surface area contributed by atoms with Gasteiger partial charge < -0.3 is 5.73 Å². The highest BCUT2D eigenvalue weighted by molar-refractivity contribution is 9.10. The number of aryl methyl sites for hydroxylation is 1. The Morgan fingerprint density at radius 1 is 1.43 bits per heavy atom.